The van der Waals surface area contributed by atoms with Crippen LogP contribution in [0.1, 0.15) is 10.4 Å². The number of sulfonamides is 1. The molecule has 0 bridgehead atoms. The predicted octanol–water partition coefficient (Wildman–Crippen LogP) is 3.85. The molecule has 0 aliphatic carbocycles. The van der Waals surface area contributed by atoms with Crippen LogP contribution in [0.2, 0.25) is 5.02 Å². The second kappa shape index (κ2) is 9.49. The van der Waals surface area contributed by atoms with E-state index in [-0.39, 0.29) is 32.9 Å². The van der Waals surface area contributed by atoms with Crippen LogP contribution < -0.4 is 10.0 Å². The molecule has 1 aromatic heterocycles. The first-order valence-electron chi connectivity index (χ1n) is 9.86. The summed E-state index contributed by atoms with van der Waals surface area (Å²) < 4.78 is 56.5. The third-order valence-electron chi connectivity index (χ3n) is 4.71. The Bertz CT molecular complexity index is 1600. The molecule has 10 nitrogen and oxygen atoms in total. The van der Waals surface area contributed by atoms with Gasteiger partial charge in [0.15, 0.2) is 9.84 Å². The van der Waals surface area contributed by atoms with Crippen molar-refractivity contribution >= 4 is 49.1 Å². The number of para-hydroxylation sites is 1. The van der Waals surface area contributed by atoms with Gasteiger partial charge in [-0.1, -0.05) is 28.8 Å². The van der Waals surface area contributed by atoms with Crippen LogP contribution in [-0.2, 0) is 19.9 Å². The van der Waals surface area contributed by atoms with Crippen molar-refractivity contribution in [3.8, 4) is 11.5 Å². The number of sulfone groups is 1. The van der Waals surface area contributed by atoms with E-state index in [9.17, 15) is 21.6 Å². The molecule has 4 aromatic rings. The number of hydrogen-bond acceptors (Lipinski definition) is 8. The molecule has 1 amide bonds. The first kappa shape index (κ1) is 24.4. The second-order valence-electron chi connectivity index (χ2n) is 7.27. The van der Waals surface area contributed by atoms with Gasteiger partial charge in [0.05, 0.1) is 21.0 Å². The molecule has 3 aromatic carbocycles. The number of carbonyl (C=O) groups is 1. The van der Waals surface area contributed by atoms with Crippen LogP contribution >= 0.6 is 11.6 Å². The summed E-state index contributed by atoms with van der Waals surface area (Å²) >= 11 is 5.82. The van der Waals surface area contributed by atoms with Crippen LogP contribution in [0.5, 0.6) is 0 Å². The van der Waals surface area contributed by atoms with E-state index < -0.39 is 25.8 Å². The maximum atomic E-state index is 12.8. The summed E-state index contributed by atoms with van der Waals surface area (Å²) in [6.45, 7) is 0. The number of halogens is 1. The molecule has 0 saturated carbocycles. The van der Waals surface area contributed by atoms with Gasteiger partial charge in [0.25, 0.3) is 15.9 Å². The van der Waals surface area contributed by atoms with Crippen molar-refractivity contribution in [2.75, 3.05) is 16.3 Å². The molecule has 0 saturated heterocycles. The number of aromatic nitrogens is 2. The fourth-order valence-electron chi connectivity index (χ4n) is 2.99. The molecule has 2 N–H and O–H groups in total. The number of hydrogen-bond donors (Lipinski definition) is 2. The van der Waals surface area contributed by atoms with Crippen molar-refractivity contribution in [3.63, 3.8) is 0 Å². The van der Waals surface area contributed by atoms with Crippen molar-refractivity contribution in [3.05, 3.63) is 83.4 Å². The van der Waals surface area contributed by atoms with Crippen LogP contribution in [-0.4, -0.2) is 39.2 Å². The van der Waals surface area contributed by atoms with Crippen LogP contribution in [0, 0.1) is 0 Å². The zero-order chi connectivity index (χ0) is 25.2. The van der Waals surface area contributed by atoms with Gasteiger partial charge in [0.1, 0.15) is 0 Å². The number of amides is 1. The highest BCUT2D eigenvalue weighted by Gasteiger charge is 2.20. The van der Waals surface area contributed by atoms with Crippen molar-refractivity contribution in [1.29, 1.82) is 0 Å². The third kappa shape index (κ3) is 5.67. The van der Waals surface area contributed by atoms with E-state index in [0.29, 0.717) is 10.6 Å². The molecule has 35 heavy (non-hydrogen) atoms. The fraction of sp³-hybridized carbons (Fsp3) is 0.0455. The lowest BCUT2D eigenvalue weighted by molar-refractivity contribution is 0.102. The Morgan fingerprint density at radius 3 is 2.14 bits per heavy atom. The smallest absolute Gasteiger partial charge is 0.322 e. The fourth-order valence-corrected chi connectivity index (χ4v) is 4.82. The minimum absolute atomic E-state index is 0.0160. The summed E-state index contributed by atoms with van der Waals surface area (Å²) in [4.78, 5) is 12.9. The zero-order valence-electron chi connectivity index (χ0n) is 18.0. The van der Waals surface area contributed by atoms with Crippen LogP contribution in [0.15, 0.2) is 87.0 Å². The summed E-state index contributed by atoms with van der Waals surface area (Å²) in [5.74, 6) is -0.640. The minimum Gasteiger partial charge on any atom is -0.403 e. The summed E-state index contributed by atoms with van der Waals surface area (Å²) in [5, 5.41) is 10.4. The Balaban J connectivity index is 1.53. The van der Waals surface area contributed by atoms with Gasteiger partial charge < -0.3 is 4.42 Å². The molecule has 180 valence electrons. The standard InChI is InChI=1S/C22H17ClN4O6S2/c1-34(29,30)16-10-6-14(7-11-16)21-25-26-22(33-21)24-20(28)18-4-2-3-5-19(18)27-35(31,32)17-12-8-15(23)9-13-17/h2-13,27H,1H3,(H,24,26,28). The topological polar surface area (TPSA) is 148 Å². The lowest BCUT2D eigenvalue weighted by Crippen LogP contribution is -2.18. The quantitative estimate of drug-likeness (QED) is 0.364. The highest BCUT2D eigenvalue weighted by atomic mass is 35.5. The number of nitrogens with zero attached hydrogens (tertiary/aromatic N) is 2. The van der Waals surface area contributed by atoms with Crippen LogP contribution in [0.3, 0.4) is 0 Å². The van der Waals surface area contributed by atoms with E-state index >= 15 is 0 Å². The van der Waals surface area contributed by atoms with E-state index in [1.165, 1.54) is 60.7 Å². The molecule has 13 heteroatoms. The number of rotatable bonds is 7. The van der Waals surface area contributed by atoms with Crippen molar-refractivity contribution in [2.45, 2.75) is 9.79 Å². The molecule has 0 radical (unpaired) electrons. The van der Waals surface area contributed by atoms with E-state index in [1.807, 2.05) is 0 Å². The molecule has 0 atom stereocenters. The average molecular weight is 533 g/mol. The summed E-state index contributed by atoms with van der Waals surface area (Å²) in [5.41, 5.74) is 0.500. The Morgan fingerprint density at radius 2 is 1.49 bits per heavy atom. The third-order valence-corrected chi connectivity index (χ3v) is 7.48. The van der Waals surface area contributed by atoms with Gasteiger partial charge in [-0.15, -0.1) is 5.10 Å². The van der Waals surface area contributed by atoms with Gasteiger partial charge in [0, 0.05) is 16.8 Å². The molecule has 0 aliphatic rings. The predicted molar refractivity (Wildman–Crippen MR) is 129 cm³/mol. The molecule has 0 unspecified atom stereocenters. The maximum Gasteiger partial charge on any atom is 0.322 e. The Morgan fingerprint density at radius 1 is 0.857 bits per heavy atom. The molecule has 0 spiro atoms. The molecular formula is C22H17ClN4O6S2. The normalized spacial score (nSPS) is 11.7. The van der Waals surface area contributed by atoms with Gasteiger partial charge in [-0.05, 0) is 60.7 Å². The van der Waals surface area contributed by atoms with Gasteiger partial charge in [-0.25, -0.2) is 16.8 Å². The Kier molecular flexibility index (Phi) is 6.61. The first-order valence-corrected chi connectivity index (χ1v) is 13.6. The summed E-state index contributed by atoms with van der Waals surface area (Å²) in [6.07, 6.45) is 1.09. The van der Waals surface area contributed by atoms with Gasteiger partial charge in [-0.3, -0.25) is 14.8 Å². The second-order valence-corrected chi connectivity index (χ2v) is 11.4. The SMILES string of the molecule is CS(=O)(=O)c1ccc(-c2nnc(NC(=O)c3ccccc3NS(=O)(=O)c3ccc(Cl)cc3)o2)cc1. The van der Waals surface area contributed by atoms with E-state index in [0.717, 1.165) is 6.26 Å². The molecular weight excluding hydrogens is 516 g/mol. The first-order chi connectivity index (χ1) is 16.5. The molecule has 4 rings (SSSR count). The highest BCUT2D eigenvalue weighted by molar-refractivity contribution is 7.92. The van der Waals surface area contributed by atoms with E-state index in [4.69, 9.17) is 16.0 Å². The number of carbonyl (C=O) groups excluding carboxylic acids is 1. The zero-order valence-corrected chi connectivity index (χ0v) is 20.4. The summed E-state index contributed by atoms with van der Waals surface area (Å²) in [7, 11) is -7.35. The van der Waals surface area contributed by atoms with E-state index in [2.05, 4.69) is 20.2 Å². The van der Waals surface area contributed by atoms with Crippen LogP contribution in [0.4, 0.5) is 11.7 Å². The largest absolute Gasteiger partial charge is 0.403 e. The lowest BCUT2D eigenvalue weighted by atomic mass is 10.2. The molecule has 0 aliphatic heterocycles. The number of benzene rings is 3. The maximum absolute atomic E-state index is 12.8. The lowest BCUT2D eigenvalue weighted by Gasteiger charge is -2.12. The van der Waals surface area contributed by atoms with Crippen molar-refractivity contribution in [1.82, 2.24) is 10.2 Å². The highest BCUT2D eigenvalue weighted by Crippen LogP contribution is 2.24. The molecule has 0 fully saturated rings. The van der Waals surface area contributed by atoms with E-state index in [1.54, 1.807) is 12.1 Å². The van der Waals surface area contributed by atoms with Gasteiger partial charge in [-0.2, -0.15) is 0 Å². The van der Waals surface area contributed by atoms with Crippen molar-refractivity contribution in [2.24, 2.45) is 0 Å². The Labute approximate surface area is 205 Å². The number of nitrogens with one attached hydrogen (secondary N) is 2. The minimum atomic E-state index is -3.99. The Hall–Kier alpha value is -3.74. The van der Waals surface area contributed by atoms with Gasteiger partial charge in [0.2, 0.25) is 5.89 Å². The summed E-state index contributed by atoms with van der Waals surface area (Å²) in [6, 6.07) is 17.1. The monoisotopic (exact) mass is 532 g/mol. The van der Waals surface area contributed by atoms with Crippen LogP contribution in [0.25, 0.3) is 11.5 Å². The van der Waals surface area contributed by atoms with Gasteiger partial charge >= 0.3 is 6.01 Å². The molecule has 1 heterocycles. The number of anilines is 2. The van der Waals surface area contributed by atoms with Crippen molar-refractivity contribution < 1.29 is 26.0 Å². The average Bonchev–Trinajstić information content (AvgIpc) is 3.27.